The minimum absolute atomic E-state index is 0.0589. The highest BCUT2D eigenvalue weighted by Gasteiger charge is 2.34. The average molecular weight is 250 g/mol. The largest absolute Gasteiger partial charge is 0.394 e. The molecule has 0 spiro atoms. The molecule has 0 aliphatic carbocycles. The molecule has 98 valence electrons. The molecule has 1 saturated heterocycles. The van der Waals surface area contributed by atoms with Crippen LogP contribution < -0.4 is 5.56 Å². The van der Waals surface area contributed by atoms with Gasteiger partial charge in [-0.05, 0) is 31.4 Å². The lowest BCUT2D eigenvalue weighted by Crippen LogP contribution is -2.41. The summed E-state index contributed by atoms with van der Waals surface area (Å²) in [5.41, 5.74) is 0.509. The minimum Gasteiger partial charge on any atom is -0.394 e. The van der Waals surface area contributed by atoms with Crippen molar-refractivity contribution in [1.29, 1.82) is 0 Å². The van der Waals surface area contributed by atoms with Crippen molar-refractivity contribution in [3.05, 3.63) is 33.7 Å². The fourth-order valence-electron chi connectivity index (χ4n) is 2.43. The molecule has 5 nitrogen and oxygen atoms in total. The lowest BCUT2D eigenvalue weighted by atomic mass is 10.0. The highest BCUT2D eigenvalue weighted by Crippen LogP contribution is 2.24. The van der Waals surface area contributed by atoms with Crippen molar-refractivity contribution in [3.8, 4) is 0 Å². The zero-order chi connectivity index (χ0) is 13.3. The van der Waals surface area contributed by atoms with E-state index in [1.54, 1.807) is 24.0 Å². The van der Waals surface area contributed by atoms with Gasteiger partial charge in [-0.15, -0.1) is 0 Å². The lowest BCUT2D eigenvalue weighted by molar-refractivity contribution is 0.0646. The molecular weight excluding hydrogens is 232 g/mol. The van der Waals surface area contributed by atoms with Gasteiger partial charge in [0, 0.05) is 12.2 Å². The molecule has 2 heterocycles. The Morgan fingerprint density at radius 1 is 1.56 bits per heavy atom. The molecule has 5 heteroatoms. The second-order valence-corrected chi connectivity index (χ2v) is 4.90. The summed E-state index contributed by atoms with van der Waals surface area (Å²) < 4.78 is 0. The number of rotatable bonds is 2. The molecule has 0 bridgehead atoms. The van der Waals surface area contributed by atoms with E-state index in [0.29, 0.717) is 6.54 Å². The Kier molecular flexibility index (Phi) is 3.52. The van der Waals surface area contributed by atoms with E-state index in [-0.39, 0.29) is 35.6 Å². The van der Waals surface area contributed by atoms with Gasteiger partial charge in [0.25, 0.3) is 11.5 Å². The predicted molar refractivity (Wildman–Crippen MR) is 67.5 cm³/mol. The van der Waals surface area contributed by atoms with E-state index in [2.05, 4.69) is 4.98 Å². The zero-order valence-electron chi connectivity index (χ0n) is 10.6. The number of nitrogens with zero attached hydrogens (tertiary/aromatic N) is 1. The Hall–Kier alpha value is -1.62. The molecule has 0 saturated carbocycles. The van der Waals surface area contributed by atoms with Crippen LogP contribution in [-0.2, 0) is 0 Å². The van der Waals surface area contributed by atoms with Crippen molar-refractivity contribution in [1.82, 2.24) is 9.88 Å². The first-order valence-electron chi connectivity index (χ1n) is 6.16. The molecule has 1 aromatic rings. The first kappa shape index (κ1) is 12.8. The number of H-pyrrole nitrogens is 1. The number of aliphatic hydroxyl groups is 1. The Bertz CT molecular complexity index is 509. The van der Waals surface area contributed by atoms with E-state index >= 15 is 0 Å². The number of aromatic nitrogens is 1. The monoisotopic (exact) mass is 250 g/mol. The maximum absolute atomic E-state index is 12.3. The summed E-state index contributed by atoms with van der Waals surface area (Å²) in [6.45, 7) is 4.31. The van der Waals surface area contributed by atoms with Crippen LogP contribution in [0.5, 0.6) is 0 Å². The first-order valence-corrected chi connectivity index (χ1v) is 6.16. The number of carbonyl (C=O) groups is 1. The van der Waals surface area contributed by atoms with Gasteiger partial charge < -0.3 is 15.0 Å². The molecule has 2 unspecified atom stereocenters. The van der Waals surface area contributed by atoms with Gasteiger partial charge >= 0.3 is 0 Å². The molecule has 1 amide bonds. The number of pyridine rings is 1. The van der Waals surface area contributed by atoms with Crippen LogP contribution in [0.1, 0.15) is 29.4 Å². The molecular formula is C13H18N2O3. The lowest BCUT2D eigenvalue weighted by Gasteiger charge is -2.24. The third kappa shape index (κ3) is 2.18. The number of aryl methyl sites for hydroxylation is 1. The Morgan fingerprint density at radius 2 is 2.28 bits per heavy atom. The Morgan fingerprint density at radius 3 is 2.89 bits per heavy atom. The van der Waals surface area contributed by atoms with Gasteiger partial charge in [0.1, 0.15) is 5.56 Å². The quantitative estimate of drug-likeness (QED) is 0.804. The molecule has 1 fully saturated rings. The molecule has 2 rings (SSSR count). The highest BCUT2D eigenvalue weighted by molar-refractivity contribution is 5.94. The smallest absolute Gasteiger partial charge is 0.260 e. The van der Waals surface area contributed by atoms with Crippen LogP contribution in [-0.4, -0.2) is 40.1 Å². The third-order valence-corrected chi connectivity index (χ3v) is 3.62. The molecule has 1 aliphatic heterocycles. The number of hydrogen-bond donors (Lipinski definition) is 2. The van der Waals surface area contributed by atoms with Gasteiger partial charge in [-0.25, -0.2) is 0 Å². The van der Waals surface area contributed by atoms with Gasteiger partial charge in [-0.1, -0.05) is 6.92 Å². The maximum atomic E-state index is 12.3. The van der Waals surface area contributed by atoms with E-state index in [1.165, 1.54) is 0 Å². The Labute approximate surface area is 105 Å². The molecule has 2 atom stereocenters. The van der Waals surface area contributed by atoms with Crippen LogP contribution in [0.15, 0.2) is 16.9 Å². The van der Waals surface area contributed by atoms with Crippen LogP contribution in [0, 0.1) is 12.8 Å². The van der Waals surface area contributed by atoms with Crippen LogP contribution in [0.2, 0.25) is 0 Å². The van der Waals surface area contributed by atoms with Crippen molar-refractivity contribution in [3.63, 3.8) is 0 Å². The van der Waals surface area contributed by atoms with E-state index in [4.69, 9.17) is 0 Å². The number of amides is 1. The highest BCUT2D eigenvalue weighted by atomic mass is 16.3. The molecule has 0 radical (unpaired) electrons. The van der Waals surface area contributed by atoms with Crippen LogP contribution in [0.3, 0.4) is 0 Å². The minimum atomic E-state index is -0.365. The number of aromatic amines is 1. The molecule has 0 aromatic carbocycles. The number of carbonyl (C=O) groups excluding carboxylic acids is 1. The van der Waals surface area contributed by atoms with Gasteiger partial charge in [0.2, 0.25) is 0 Å². The summed E-state index contributed by atoms with van der Waals surface area (Å²) in [5, 5.41) is 9.34. The molecule has 1 aliphatic rings. The van der Waals surface area contributed by atoms with Gasteiger partial charge in [0.05, 0.1) is 12.6 Å². The summed E-state index contributed by atoms with van der Waals surface area (Å²) in [7, 11) is 0. The molecule has 1 aromatic heterocycles. The van der Waals surface area contributed by atoms with Crippen LogP contribution in [0.25, 0.3) is 0 Å². The maximum Gasteiger partial charge on any atom is 0.260 e. The van der Waals surface area contributed by atoms with Crippen molar-refractivity contribution < 1.29 is 9.90 Å². The van der Waals surface area contributed by atoms with E-state index in [1.807, 2.05) is 6.92 Å². The fourth-order valence-corrected chi connectivity index (χ4v) is 2.43. The summed E-state index contributed by atoms with van der Waals surface area (Å²) in [6.07, 6.45) is 0.862. The summed E-state index contributed by atoms with van der Waals surface area (Å²) in [5.74, 6) is -0.0249. The van der Waals surface area contributed by atoms with Crippen molar-refractivity contribution in [2.45, 2.75) is 26.3 Å². The summed E-state index contributed by atoms with van der Waals surface area (Å²) in [4.78, 5) is 28.3. The Balaban J connectivity index is 2.29. The van der Waals surface area contributed by atoms with Crippen molar-refractivity contribution in [2.75, 3.05) is 13.2 Å². The summed E-state index contributed by atoms with van der Waals surface area (Å²) >= 11 is 0. The topological polar surface area (TPSA) is 73.4 Å². The molecule has 2 N–H and O–H groups in total. The number of nitrogens with one attached hydrogen (secondary N) is 1. The predicted octanol–water partition coefficient (Wildman–Crippen LogP) is 0.526. The number of aliphatic hydroxyl groups excluding tert-OH is 1. The third-order valence-electron chi connectivity index (χ3n) is 3.62. The SMILES string of the molecule is Cc1ccc(C(=O)N2CCC(C)C2CO)c(=O)[nH]1. The van der Waals surface area contributed by atoms with E-state index in [0.717, 1.165) is 12.1 Å². The summed E-state index contributed by atoms with van der Waals surface area (Å²) in [6, 6.07) is 3.08. The van der Waals surface area contributed by atoms with Gasteiger partial charge in [-0.3, -0.25) is 9.59 Å². The van der Waals surface area contributed by atoms with Crippen LogP contribution in [0.4, 0.5) is 0 Å². The fraction of sp³-hybridized carbons (Fsp3) is 0.538. The van der Waals surface area contributed by atoms with Crippen molar-refractivity contribution >= 4 is 5.91 Å². The van der Waals surface area contributed by atoms with Crippen LogP contribution >= 0.6 is 0 Å². The van der Waals surface area contributed by atoms with E-state index in [9.17, 15) is 14.7 Å². The normalized spacial score (nSPS) is 23.4. The first-order chi connectivity index (χ1) is 8.54. The second kappa shape index (κ2) is 4.94. The second-order valence-electron chi connectivity index (χ2n) is 4.90. The zero-order valence-corrected chi connectivity index (χ0v) is 10.6. The standard InChI is InChI=1S/C13H18N2O3/c1-8-5-6-15(11(8)7-16)13(18)10-4-3-9(2)14-12(10)17/h3-4,8,11,16H,5-7H2,1-2H3,(H,14,17). The van der Waals surface area contributed by atoms with Gasteiger partial charge in [-0.2, -0.15) is 0 Å². The number of likely N-dealkylation sites (tertiary alicyclic amines) is 1. The van der Waals surface area contributed by atoms with Gasteiger partial charge in [0.15, 0.2) is 0 Å². The van der Waals surface area contributed by atoms with E-state index < -0.39 is 0 Å². The van der Waals surface area contributed by atoms with Crippen molar-refractivity contribution in [2.24, 2.45) is 5.92 Å². The average Bonchev–Trinajstić information content (AvgIpc) is 2.69. The number of hydrogen-bond acceptors (Lipinski definition) is 3. The molecule has 18 heavy (non-hydrogen) atoms.